The molecular weight excluding hydrogens is 396 g/mol. The fourth-order valence-electron chi connectivity index (χ4n) is 3.94. The van der Waals surface area contributed by atoms with E-state index in [1.165, 1.54) is 0 Å². The number of benzene rings is 1. The highest BCUT2D eigenvalue weighted by Gasteiger charge is 2.30. The number of hydrogen-bond acceptors (Lipinski definition) is 6. The maximum atomic E-state index is 11.8. The normalized spacial score (nSPS) is 16.3. The molecule has 0 bridgehead atoms. The van der Waals surface area contributed by atoms with Gasteiger partial charge in [-0.15, -0.1) is 0 Å². The van der Waals surface area contributed by atoms with Crippen molar-refractivity contribution in [3.05, 3.63) is 57.5 Å². The summed E-state index contributed by atoms with van der Waals surface area (Å²) in [6.45, 7) is 7.01. The van der Waals surface area contributed by atoms with Crippen LogP contribution in [0.4, 0.5) is 11.4 Å². The van der Waals surface area contributed by atoms with Gasteiger partial charge in [0.1, 0.15) is 12.2 Å². The third-order valence-corrected chi connectivity index (χ3v) is 5.52. The van der Waals surface area contributed by atoms with Gasteiger partial charge < -0.3 is 30.7 Å². The number of nitrogens with zero attached hydrogens (tertiary/aromatic N) is 1. The molecule has 0 amide bonds. The number of hydrogen-bond donors (Lipinski definition) is 5. The van der Waals surface area contributed by atoms with Gasteiger partial charge in [0.2, 0.25) is 0 Å². The molecule has 2 aromatic rings. The highest BCUT2D eigenvalue weighted by atomic mass is 16.4. The van der Waals surface area contributed by atoms with Crippen LogP contribution >= 0.6 is 0 Å². The summed E-state index contributed by atoms with van der Waals surface area (Å²) in [5, 5.41) is 25.4. The van der Waals surface area contributed by atoms with E-state index in [0.717, 1.165) is 22.5 Å². The Morgan fingerprint density at radius 2 is 2.06 bits per heavy atom. The fraction of sp³-hybridized carbons (Fsp3) is 0.478. The highest BCUT2D eigenvalue weighted by molar-refractivity contribution is 5.77. The molecule has 168 valence electrons. The molecule has 0 fully saturated rings. The van der Waals surface area contributed by atoms with Crippen LogP contribution in [0.3, 0.4) is 0 Å². The number of aromatic amines is 1. The molecule has 3 rings (SSSR count). The van der Waals surface area contributed by atoms with Gasteiger partial charge in [-0.25, -0.2) is 0 Å². The van der Waals surface area contributed by atoms with E-state index in [0.29, 0.717) is 31.5 Å². The van der Waals surface area contributed by atoms with Gasteiger partial charge in [0.25, 0.3) is 5.56 Å². The number of rotatable bonds is 10. The van der Waals surface area contributed by atoms with Crippen LogP contribution in [-0.2, 0) is 11.3 Å². The molecule has 8 nitrogen and oxygen atoms in total. The van der Waals surface area contributed by atoms with Crippen molar-refractivity contribution in [1.82, 2.24) is 10.3 Å². The monoisotopic (exact) mass is 428 g/mol. The largest absolute Gasteiger partial charge is 0.480 e. The molecule has 0 saturated heterocycles. The molecular formula is C23H32N4O4. The summed E-state index contributed by atoms with van der Waals surface area (Å²) in [6.07, 6.45) is 2.75. The lowest BCUT2D eigenvalue weighted by molar-refractivity contribution is -0.140. The van der Waals surface area contributed by atoms with Crippen LogP contribution in [0, 0.1) is 12.8 Å². The minimum absolute atomic E-state index is 0.0949. The quantitative estimate of drug-likeness (QED) is 0.395. The average Bonchev–Trinajstić information content (AvgIpc) is 3.08. The Kier molecular flexibility index (Phi) is 7.35. The molecule has 2 heterocycles. The SMILES string of the molecule is Cc1cc(C2Nc3cc(CNC(CC(C)C)C(=O)O)ccc3N2CCCO)c[nH]c1=O. The number of aliphatic hydroxyl groups excluding tert-OH is 1. The zero-order valence-corrected chi connectivity index (χ0v) is 18.3. The van der Waals surface area contributed by atoms with Crippen molar-refractivity contribution in [2.24, 2.45) is 5.92 Å². The van der Waals surface area contributed by atoms with E-state index in [1.807, 2.05) is 38.1 Å². The van der Waals surface area contributed by atoms with Gasteiger partial charge in [-0.3, -0.25) is 9.59 Å². The summed E-state index contributed by atoms with van der Waals surface area (Å²) >= 11 is 0. The number of aliphatic carboxylic acids is 1. The summed E-state index contributed by atoms with van der Waals surface area (Å²) < 4.78 is 0. The van der Waals surface area contributed by atoms with Crippen molar-refractivity contribution >= 4 is 17.3 Å². The first-order chi connectivity index (χ1) is 14.8. The number of aryl methyl sites for hydroxylation is 1. The van der Waals surface area contributed by atoms with E-state index in [-0.39, 0.29) is 24.2 Å². The number of pyridine rings is 1. The second kappa shape index (κ2) is 9.98. The number of carbonyl (C=O) groups is 1. The van der Waals surface area contributed by atoms with Crippen LogP contribution in [0.1, 0.15) is 49.5 Å². The molecule has 2 unspecified atom stereocenters. The predicted octanol–water partition coefficient (Wildman–Crippen LogP) is 2.59. The summed E-state index contributed by atoms with van der Waals surface area (Å²) in [5.74, 6) is -0.548. The Bertz CT molecular complexity index is 972. The van der Waals surface area contributed by atoms with Gasteiger partial charge >= 0.3 is 5.97 Å². The van der Waals surface area contributed by atoms with Gasteiger partial charge in [0.15, 0.2) is 0 Å². The first-order valence-corrected chi connectivity index (χ1v) is 10.7. The molecule has 0 aliphatic carbocycles. The summed E-state index contributed by atoms with van der Waals surface area (Å²) in [5.41, 5.74) is 4.43. The number of carboxylic acids is 1. The Morgan fingerprint density at radius 3 is 2.71 bits per heavy atom. The van der Waals surface area contributed by atoms with Gasteiger partial charge in [-0.2, -0.15) is 0 Å². The molecule has 0 spiro atoms. The van der Waals surface area contributed by atoms with Gasteiger partial charge in [0.05, 0.1) is 11.4 Å². The molecule has 5 N–H and O–H groups in total. The lowest BCUT2D eigenvalue weighted by Crippen LogP contribution is -2.37. The van der Waals surface area contributed by atoms with Crippen LogP contribution in [-0.4, -0.2) is 40.4 Å². The lowest BCUT2D eigenvalue weighted by atomic mass is 10.0. The zero-order chi connectivity index (χ0) is 22.5. The van der Waals surface area contributed by atoms with E-state index in [1.54, 1.807) is 13.1 Å². The van der Waals surface area contributed by atoms with Crippen molar-refractivity contribution in [2.45, 2.75) is 52.4 Å². The zero-order valence-electron chi connectivity index (χ0n) is 18.3. The van der Waals surface area contributed by atoms with E-state index in [9.17, 15) is 19.8 Å². The fourth-order valence-corrected chi connectivity index (χ4v) is 3.94. The molecule has 1 aliphatic rings. The molecule has 1 aliphatic heterocycles. The van der Waals surface area contributed by atoms with E-state index < -0.39 is 12.0 Å². The Hall–Kier alpha value is -2.84. The van der Waals surface area contributed by atoms with Crippen molar-refractivity contribution in [1.29, 1.82) is 0 Å². The summed E-state index contributed by atoms with van der Waals surface area (Å²) in [6, 6.07) is 7.34. The van der Waals surface area contributed by atoms with E-state index in [4.69, 9.17) is 0 Å². The summed E-state index contributed by atoms with van der Waals surface area (Å²) in [4.78, 5) is 28.2. The molecule has 1 aromatic heterocycles. The predicted molar refractivity (Wildman–Crippen MR) is 121 cm³/mol. The highest BCUT2D eigenvalue weighted by Crippen LogP contribution is 2.41. The third kappa shape index (κ3) is 5.45. The van der Waals surface area contributed by atoms with Crippen molar-refractivity contribution in [3.63, 3.8) is 0 Å². The Balaban J connectivity index is 1.81. The first-order valence-electron chi connectivity index (χ1n) is 10.7. The minimum Gasteiger partial charge on any atom is -0.480 e. The van der Waals surface area contributed by atoms with Crippen LogP contribution < -0.4 is 21.1 Å². The van der Waals surface area contributed by atoms with Crippen LogP contribution in [0.25, 0.3) is 0 Å². The molecule has 2 atom stereocenters. The second-order valence-corrected chi connectivity index (χ2v) is 8.52. The maximum Gasteiger partial charge on any atom is 0.320 e. The molecule has 1 aromatic carbocycles. The topological polar surface area (TPSA) is 118 Å². The second-order valence-electron chi connectivity index (χ2n) is 8.52. The number of fused-ring (bicyclic) bond motifs is 1. The number of H-pyrrole nitrogens is 1. The van der Waals surface area contributed by atoms with Gasteiger partial charge in [-0.1, -0.05) is 19.9 Å². The van der Waals surface area contributed by atoms with Crippen LogP contribution in [0.2, 0.25) is 0 Å². The average molecular weight is 429 g/mol. The number of nitrogens with one attached hydrogen (secondary N) is 3. The Labute approximate surface area is 182 Å². The smallest absolute Gasteiger partial charge is 0.320 e. The van der Waals surface area contributed by atoms with Crippen molar-refractivity contribution < 1.29 is 15.0 Å². The first kappa shape index (κ1) is 22.8. The minimum atomic E-state index is -0.836. The molecule has 0 saturated carbocycles. The maximum absolute atomic E-state index is 11.8. The lowest BCUT2D eigenvalue weighted by Gasteiger charge is -2.27. The molecule has 8 heteroatoms. The van der Waals surface area contributed by atoms with Gasteiger partial charge in [-0.05, 0) is 49.4 Å². The van der Waals surface area contributed by atoms with Gasteiger partial charge in [0, 0.05) is 37.0 Å². The number of anilines is 2. The molecule has 0 radical (unpaired) electrons. The third-order valence-electron chi connectivity index (χ3n) is 5.52. The molecule has 31 heavy (non-hydrogen) atoms. The van der Waals surface area contributed by atoms with Crippen LogP contribution in [0.15, 0.2) is 35.3 Å². The van der Waals surface area contributed by atoms with E-state index in [2.05, 4.69) is 20.5 Å². The number of aliphatic hydroxyl groups is 1. The van der Waals surface area contributed by atoms with E-state index >= 15 is 0 Å². The Morgan fingerprint density at radius 1 is 1.29 bits per heavy atom. The van der Waals surface area contributed by atoms with Crippen LogP contribution in [0.5, 0.6) is 0 Å². The van der Waals surface area contributed by atoms with Crippen molar-refractivity contribution in [3.8, 4) is 0 Å². The standard InChI is InChI=1S/C23H32N4O4/c1-14(2)9-19(23(30)31)24-12-16-5-6-20-18(11-16)26-21(27(20)7-4-8-28)17-10-15(3)22(29)25-13-17/h5-6,10-11,13-14,19,21,24,26,28H,4,7-9,12H2,1-3H3,(H,25,29)(H,30,31). The number of aromatic nitrogens is 1. The summed E-state index contributed by atoms with van der Waals surface area (Å²) in [7, 11) is 0. The van der Waals surface area contributed by atoms with Crippen molar-refractivity contribution in [2.75, 3.05) is 23.4 Å². The number of carboxylic acid groups (broad SMARTS) is 1.